The molecule has 0 unspecified atom stereocenters. The summed E-state index contributed by atoms with van der Waals surface area (Å²) in [5.74, 6) is -6.01. The Morgan fingerprint density at radius 1 is 1.38 bits per heavy atom. The summed E-state index contributed by atoms with van der Waals surface area (Å²) in [6.45, 7) is -1.16. The number of carbonyl (C=O) groups is 2. The van der Waals surface area contributed by atoms with Crippen molar-refractivity contribution < 1.29 is 27.9 Å². The Balaban J connectivity index is 2.25. The highest BCUT2D eigenvalue weighted by Crippen LogP contribution is 2.38. The molecule has 0 radical (unpaired) electrons. The summed E-state index contributed by atoms with van der Waals surface area (Å²) in [6.07, 6.45) is -3.33. The maximum absolute atomic E-state index is 12.9. The van der Waals surface area contributed by atoms with Crippen molar-refractivity contribution in [3.63, 3.8) is 0 Å². The number of pyridine rings is 1. The third kappa shape index (κ3) is 3.17. The van der Waals surface area contributed by atoms with E-state index in [1.165, 1.54) is 12.3 Å². The summed E-state index contributed by atoms with van der Waals surface area (Å²) >= 11 is 3.09. The molecule has 1 aliphatic heterocycles. The van der Waals surface area contributed by atoms with E-state index in [0.29, 0.717) is 4.47 Å². The zero-order chi connectivity index (χ0) is 15.8. The number of alkyl halides is 3. The molecule has 1 fully saturated rings. The first-order valence-corrected chi connectivity index (χ1v) is 6.70. The average molecular weight is 367 g/mol. The highest BCUT2D eigenvalue weighted by atomic mass is 79.9. The van der Waals surface area contributed by atoms with Crippen LogP contribution >= 0.6 is 15.9 Å². The van der Waals surface area contributed by atoms with Crippen LogP contribution in [0.4, 0.5) is 13.2 Å². The lowest BCUT2D eigenvalue weighted by atomic mass is 9.96. The normalized spacial score (nSPS) is 22.4. The minimum absolute atomic E-state index is 0.0375. The van der Waals surface area contributed by atoms with Crippen molar-refractivity contribution in [1.29, 1.82) is 0 Å². The predicted molar refractivity (Wildman–Crippen MR) is 68.5 cm³/mol. The summed E-state index contributed by atoms with van der Waals surface area (Å²) in [5.41, 5.74) is -0.0375. The number of amides is 1. The van der Waals surface area contributed by atoms with Crippen molar-refractivity contribution in [3.8, 4) is 0 Å². The number of hydrogen-bond acceptors (Lipinski definition) is 3. The SMILES string of the molecule is O=C(O)[C@@H]1CN(C(=O)c2ncccc2Br)C[C@H]1C(F)(F)F. The molecule has 0 aromatic carbocycles. The molecule has 1 amide bonds. The summed E-state index contributed by atoms with van der Waals surface area (Å²) in [7, 11) is 0. The zero-order valence-electron chi connectivity index (χ0n) is 10.5. The molecule has 114 valence electrons. The molecule has 9 heteroatoms. The molecule has 0 spiro atoms. The van der Waals surface area contributed by atoms with Crippen LogP contribution in [-0.4, -0.2) is 46.1 Å². The minimum Gasteiger partial charge on any atom is -0.481 e. The maximum Gasteiger partial charge on any atom is 0.394 e. The van der Waals surface area contributed by atoms with Gasteiger partial charge in [0, 0.05) is 23.8 Å². The fourth-order valence-corrected chi connectivity index (χ4v) is 2.67. The number of rotatable bonds is 2. The Labute approximate surface area is 125 Å². The minimum atomic E-state index is -4.67. The number of aromatic nitrogens is 1. The standard InChI is InChI=1S/C12H10BrF3N2O3/c13-8-2-1-3-17-9(8)10(19)18-4-6(11(20)21)7(5-18)12(14,15)16/h1-3,6-7H,4-5H2,(H,20,21)/t6-,7-/m1/s1. The van der Waals surface area contributed by atoms with E-state index in [1.807, 2.05) is 0 Å². The van der Waals surface area contributed by atoms with Gasteiger partial charge in [-0.3, -0.25) is 9.59 Å². The molecule has 1 aromatic rings. The van der Waals surface area contributed by atoms with Crippen LogP contribution in [0, 0.1) is 11.8 Å². The van der Waals surface area contributed by atoms with E-state index in [2.05, 4.69) is 20.9 Å². The second-order valence-electron chi connectivity index (χ2n) is 4.64. The Morgan fingerprint density at radius 2 is 2.05 bits per heavy atom. The lowest BCUT2D eigenvalue weighted by Crippen LogP contribution is -2.34. The molecule has 0 aliphatic carbocycles. The average Bonchev–Trinajstić information content (AvgIpc) is 2.83. The van der Waals surface area contributed by atoms with Gasteiger partial charge in [0.1, 0.15) is 5.69 Å². The molecular weight excluding hydrogens is 357 g/mol. The molecule has 1 aromatic heterocycles. The predicted octanol–water partition coefficient (Wildman–Crippen LogP) is 2.18. The maximum atomic E-state index is 12.9. The van der Waals surface area contributed by atoms with E-state index in [1.54, 1.807) is 6.07 Å². The van der Waals surface area contributed by atoms with Gasteiger partial charge in [0.25, 0.3) is 5.91 Å². The Morgan fingerprint density at radius 3 is 2.52 bits per heavy atom. The Hall–Kier alpha value is -1.64. The van der Waals surface area contributed by atoms with Crippen LogP contribution in [0.25, 0.3) is 0 Å². The van der Waals surface area contributed by atoms with Crippen LogP contribution in [0.15, 0.2) is 22.8 Å². The molecule has 0 bridgehead atoms. The van der Waals surface area contributed by atoms with Crippen molar-refractivity contribution in [2.45, 2.75) is 6.18 Å². The number of hydrogen-bond donors (Lipinski definition) is 1. The lowest BCUT2D eigenvalue weighted by Gasteiger charge is -2.18. The van der Waals surface area contributed by atoms with Gasteiger partial charge in [0.05, 0.1) is 11.8 Å². The van der Waals surface area contributed by atoms with E-state index >= 15 is 0 Å². The number of aliphatic carboxylic acids is 1. The van der Waals surface area contributed by atoms with Gasteiger partial charge in [-0.2, -0.15) is 13.2 Å². The van der Waals surface area contributed by atoms with E-state index in [0.717, 1.165) is 4.90 Å². The van der Waals surface area contributed by atoms with Gasteiger partial charge in [-0.25, -0.2) is 4.98 Å². The molecule has 0 saturated carbocycles. The third-order valence-corrected chi connectivity index (χ3v) is 3.95. The van der Waals surface area contributed by atoms with Crippen LogP contribution in [0.1, 0.15) is 10.5 Å². The van der Waals surface area contributed by atoms with Crippen molar-refractivity contribution in [2.24, 2.45) is 11.8 Å². The summed E-state index contributed by atoms with van der Waals surface area (Å²) in [4.78, 5) is 27.8. The van der Waals surface area contributed by atoms with Crippen LogP contribution in [-0.2, 0) is 4.79 Å². The molecule has 1 N–H and O–H groups in total. The van der Waals surface area contributed by atoms with E-state index < -0.39 is 43.0 Å². The van der Waals surface area contributed by atoms with Gasteiger partial charge in [-0.05, 0) is 28.1 Å². The van der Waals surface area contributed by atoms with Crippen molar-refractivity contribution >= 4 is 27.8 Å². The van der Waals surface area contributed by atoms with Gasteiger partial charge in [0.2, 0.25) is 0 Å². The monoisotopic (exact) mass is 366 g/mol. The zero-order valence-corrected chi connectivity index (χ0v) is 12.1. The number of halogens is 4. The number of nitrogens with zero attached hydrogens (tertiary/aromatic N) is 2. The van der Waals surface area contributed by atoms with Crippen LogP contribution in [0.3, 0.4) is 0 Å². The van der Waals surface area contributed by atoms with Crippen LogP contribution < -0.4 is 0 Å². The van der Waals surface area contributed by atoms with Gasteiger partial charge in [-0.1, -0.05) is 0 Å². The fraction of sp³-hybridized carbons (Fsp3) is 0.417. The first kappa shape index (κ1) is 15.7. The van der Waals surface area contributed by atoms with Crippen molar-refractivity contribution in [2.75, 3.05) is 13.1 Å². The fourth-order valence-electron chi connectivity index (χ4n) is 2.24. The van der Waals surface area contributed by atoms with E-state index in [4.69, 9.17) is 5.11 Å². The number of carboxylic acid groups (broad SMARTS) is 1. The second kappa shape index (κ2) is 5.63. The molecule has 1 saturated heterocycles. The summed E-state index contributed by atoms with van der Waals surface area (Å²) in [6, 6.07) is 3.09. The first-order chi connectivity index (χ1) is 9.71. The highest BCUT2D eigenvalue weighted by Gasteiger charge is 2.53. The number of carbonyl (C=O) groups excluding carboxylic acids is 1. The summed E-state index contributed by atoms with van der Waals surface area (Å²) in [5, 5.41) is 8.91. The Bertz CT molecular complexity index is 579. The highest BCUT2D eigenvalue weighted by molar-refractivity contribution is 9.10. The molecular formula is C12H10BrF3N2O3. The number of carboxylic acids is 1. The third-order valence-electron chi connectivity index (χ3n) is 3.31. The quantitative estimate of drug-likeness (QED) is 0.870. The van der Waals surface area contributed by atoms with Crippen molar-refractivity contribution in [3.05, 3.63) is 28.5 Å². The lowest BCUT2D eigenvalue weighted by molar-refractivity contribution is -0.187. The first-order valence-electron chi connectivity index (χ1n) is 5.91. The van der Waals surface area contributed by atoms with Crippen molar-refractivity contribution in [1.82, 2.24) is 9.88 Å². The molecule has 5 nitrogen and oxygen atoms in total. The van der Waals surface area contributed by atoms with E-state index in [9.17, 15) is 22.8 Å². The van der Waals surface area contributed by atoms with Gasteiger partial charge < -0.3 is 10.0 Å². The molecule has 21 heavy (non-hydrogen) atoms. The van der Waals surface area contributed by atoms with Crippen LogP contribution in [0.5, 0.6) is 0 Å². The van der Waals surface area contributed by atoms with Gasteiger partial charge in [-0.15, -0.1) is 0 Å². The Kier molecular flexibility index (Phi) is 4.22. The second-order valence-corrected chi connectivity index (χ2v) is 5.49. The topological polar surface area (TPSA) is 70.5 Å². The largest absolute Gasteiger partial charge is 0.481 e. The smallest absolute Gasteiger partial charge is 0.394 e. The molecule has 1 aliphatic rings. The molecule has 2 rings (SSSR count). The summed E-state index contributed by atoms with van der Waals surface area (Å²) < 4.78 is 38.9. The molecule has 2 atom stereocenters. The molecule has 2 heterocycles. The van der Waals surface area contributed by atoms with Gasteiger partial charge >= 0.3 is 12.1 Å². The van der Waals surface area contributed by atoms with E-state index in [-0.39, 0.29) is 5.69 Å². The van der Waals surface area contributed by atoms with Gasteiger partial charge in [0.15, 0.2) is 0 Å². The van der Waals surface area contributed by atoms with Crippen LogP contribution in [0.2, 0.25) is 0 Å². The number of likely N-dealkylation sites (tertiary alicyclic amines) is 1.